The van der Waals surface area contributed by atoms with Crippen molar-refractivity contribution in [2.24, 2.45) is 5.73 Å². The summed E-state index contributed by atoms with van der Waals surface area (Å²) in [5.41, 5.74) is 5.54. The van der Waals surface area contributed by atoms with E-state index >= 15 is 0 Å². The SMILES string of the molecule is CCOC(=O)[C@H](CSP(=O)([O-])O)NC(=O)CC[C@H](N)C(=O)OCC.[Na+]. The van der Waals surface area contributed by atoms with E-state index in [9.17, 15) is 23.8 Å². The van der Waals surface area contributed by atoms with Gasteiger partial charge in [-0.25, -0.2) is 4.79 Å². The van der Waals surface area contributed by atoms with Crippen molar-refractivity contribution in [3.8, 4) is 0 Å². The number of ether oxygens (including phenoxy) is 2. The monoisotopic (exact) mass is 408 g/mol. The van der Waals surface area contributed by atoms with Gasteiger partial charge in [0, 0.05) is 12.2 Å². The Labute approximate surface area is 172 Å². The smallest absolute Gasteiger partial charge is 0.770 e. The number of carbonyl (C=O) groups is 3. The first-order chi connectivity index (χ1) is 11.1. The van der Waals surface area contributed by atoms with Gasteiger partial charge < -0.3 is 30.3 Å². The predicted molar refractivity (Wildman–Crippen MR) is 84.7 cm³/mol. The Morgan fingerprint density at radius 2 is 1.76 bits per heavy atom. The van der Waals surface area contributed by atoms with Crippen LogP contribution in [0, 0.1) is 0 Å². The molecule has 10 nitrogen and oxygen atoms in total. The van der Waals surface area contributed by atoms with Gasteiger partial charge >= 0.3 is 41.5 Å². The standard InChI is InChI=1S/C12H23N2O8PS.Na/c1-3-21-11(16)8(13)5-6-10(15)14-9(12(17)22-4-2)7-24-23(18,19)20;/h8-9H,3-7,13H2,1-2H3,(H,14,15)(H2,18,19,20);/q;+1/p-1/t8-,9-;/m0./s1. The van der Waals surface area contributed by atoms with E-state index in [0.717, 1.165) is 0 Å². The summed E-state index contributed by atoms with van der Waals surface area (Å²) in [6, 6.07) is -2.24. The van der Waals surface area contributed by atoms with Crippen molar-refractivity contribution in [3.63, 3.8) is 0 Å². The van der Waals surface area contributed by atoms with Gasteiger partial charge in [0.25, 0.3) is 0 Å². The molecule has 0 heterocycles. The molecule has 0 spiro atoms. The van der Waals surface area contributed by atoms with Crippen LogP contribution >= 0.6 is 18.2 Å². The molecular weight excluding hydrogens is 386 g/mol. The largest absolute Gasteiger partial charge is 1.00 e. The van der Waals surface area contributed by atoms with Gasteiger partial charge in [-0.15, -0.1) is 0 Å². The van der Waals surface area contributed by atoms with E-state index in [0.29, 0.717) is 0 Å². The molecule has 0 aromatic carbocycles. The Kier molecular flexibility index (Phi) is 15.2. The molecule has 3 atom stereocenters. The van der Waals surface area contributed by atoms with E-state index in [2.05, 4.69) is 5.32 Å². The summed E-state index contributed by atoms with van der Waals surface area (Å²) in [6.45, 7) is -1.28. The third-order valence-electron chi connectivity index (χ3n) is 2.58. The molecule has 0 bridgehead atoms. The van der Waals surface area contributed by atoms with Crippen molar-refractivity contribution in [2.45, 2.75) is 38.8 Å². The van der Waals surface area contributed by atoms with Crippen molar-refractivity contribution < 1.29 is 67.8 Å². The molecule has 0 aliphatic heterocycles. The minimum atomic E-state index is -4.65. The maximum Gasteiger partial charge on any atom is 1.00 e. The number of nitrogens with two attached hydrogens (primary N) is 1. The second-order valence-electron chi connectivity index (χ2n) is 4.53. The van der Waals surface area contributed by atoms with Crippen LogP contribution in [0.4, 0.5) is 0 Å². The Morgan fingerprint density at radius 1 is 1.24 bits per heavy atom. The second kappa shape index (κ2) is 14.0. The van der Waals surface area contributed by atoms with E-state index in [-0.39, 0.29) is 67.0 Å². The quantitative estimate of drug-likeness (QED) is 0.174. The van der Waals surface area contributed by atoms with Crippen LogP contribution in [0.1, 0.15) is 26.7 Å². The first-order valence-electron chi connectivity index (χ1n) is 7.17. The molecule has 4 N–H and O–H groups in total. The zero-order chi connectivity index (χ0) is 18.8. The number of hydrogen-bond donors (Lipinski definition) is 3. The third-order valence-corrected chi connectivity index (χ3v) is 4.82. The van der Waals surface area contributed by atoms with Gasteiger partial charge in [-0.2, -0.15) is 0 Å². The van der Waals surface area contributed by atoms with Crippen molar-refractivity contribution in [1.82, 2.24) is 5.32 Å². The Morgan fingerprint density at radius 3 is 2.24 bits per heavy atom. The molecule has 0 aliphatic carbocycles. The van der Waals surface area contributed by atoms with Gasteiger partial charge in [0.05, 0.1) is 13.2 Å². The molecule has 1 unspecified atom stereocenters. The Bertz CT molecular complexity index is 490. The molecular formula is C12H22N2NaO8PS. The summed E-state index contributed by atoms with van der Waals surface area (Å²) in [5.74, 6) is -2.50. The first kappa shape index (κ1) is 27.1. The molecule has 0 saturated heterocycles. The van der Waals surface area contributed by atoms with Crippen molar-refractivity contribution in [1.29, 1.82) is 0 Å². The van der Waals surface area contributed by atoms with E-state index in [1.165, 1.54) is 0 Å². The predicted octanol–water partition coefficient (Wildman–Crippen LogP) is -4.10. The number of carbonyl (C=O) groups excluding carboxylic acids is 3. The van der Waals surface area contributed by atoms with Crippen LogP contribution in [-0.4, -0.2) is 53.8 Å². The number of esters is 2. The van der Waals surface area contributed by atoms with Crippen LogP contribution in [0.2, 0.25) is 0 Å². The van der Waals surface area contributed by atoms with Gasteiger partial charge in [-0.1, -0.05) is 11.4 Å². The normalized spacial score (nSPS) is 15.1. The minimum absolute atomic E-state index is 0. The van der Waals surface area contributed by atoms with Gasteiger partial charge in [-0.05, 0) is 20.3 Å². The zero-order valence-electron chi connectivity index (χ0n) is 14.4. The summed E-state index contributed by atoms with van der Waals surface area (Å²) < 4.78 is 20.2. The van der Waals surface area contributed by atoms with Crippen LogP contribution in [-0.2, 0) is 28.4 Å². The minimum Gasteiger partial charge on any atom is -0.770 e. The molecule has 140 valence electrons. The first-order valence-corrected chi connectivity index (χ1v) is 10.3. The maximum atomic E-state index is 11.8. The number of hydrogen-bond acceptors (Lipinski definition) is 9. The fourth-order valence-electron chi connectivity index (χ4n) is 1.50. The molecule has 1 amide bonds. The number of amides is 1. The summed E-state index contributed by atoms with van der Waals surface area (Å²) in [4.78, 5) is 54.4. The molecule has 25 heavy (non-hydrogen) atoms. The van der Waals surface area contributed by atoms with E-state index in [4.69, 9.17) is 20.1 Å². The molecule has 13 heteroatoms. The summed E-state index contributed by atoms with van der Waals surface area (Å²) in [5, 5.41) is 2.29. The van der Waals surface area contributed by atoms with Crippen LogP contribution in [0.5, 0.6) is 0 Å². The number of rotatable bonds is 11. The van der Waals surface area contributed by atoms with E-state index < -0.39 is 42.5 Å². The fraction of sp³-hybridized carbons (Fsp3) is 0.750. The zero-order valence-corrected chi connectivity index (χ0v) is 18.1. The van der Waals surface area contributed by atoms with Crippen LogP contribution in [0.25, 0.3) is 0 Å². The molecule has 0 aromatic heterocycles. The van der Waals surface area contributed by atoms with Crippen LogP contribution in [0.3, 0.4) is 0 Å². The third kappa shape index (κ3) is 13.7. The number of nitrogens with one attached hydrogen (secondary N) is 1. The van der Waals surface area contributed by atoms with Gasteiger partial charge in [0.15, 0.2) is 6.80 Å². The summed E-state index contributed by atoms with van der Waals surface area (Å²) in [6.07, 6.45) is -0.178. The van der Waals surface area contributed by atoms with Crippen LogP contribution in [0.15, 0.2) is 0 Å². The van der Waals surface area contributed by atoms with Gasteiger partial charge in [0.2, 0.25) is 5.91 Å². The maximum absolute atomic E-state index is 11.8. The van der Waals surface area contributed by atoms with Crippen molar-refractivity contribution in [3.05, 3.63) is 0 Å². The van der Waals surface area contributed by atoms with Crippen molar-refractivity contribution >= 4 is 36.0 Å². The topological polar surface area (TPSA) is 168 Å². The molecule has 0 aliphatic rings. The van der Waals surface area contributed by atoms with Crippen LogP contribution < -0.4 is 45.5 Å². The summed E-state index contributed by atoms with van der Waals surface area (Å²) >= 11 is 0.115. The average Bonchev–Trinajstić information content (AvgIpc) is 2.48. The molecule has 0 radical (unpaired) electrons. The van der Waals surface area contributed by atoms with Gasteiger partial charge in [0.1, 0.15) is 12.1 Å². The van der Waals surface area contributed by atoms with E-state index in [1.54, 1.807) is 13.8 Å². The van der Waals surface area contributed by atoms with Crippen molar-refractivity contribution in [2.75, 3.05) is 19.0 Å². The average molecular weight is 408 g/mol. The Hall–Kier alpha value is -0.130. The molecule has 0 rings (SSSR count). The summed E-state index contributed by atoms with van der Waals surface area (Å²) in [7, 11) is 0. The Balaban J connectivity index is 0. The molecule has 0 saturated carbocycles. The molecule has 0 aromatic rings. The second-order valence-corrected chi connectivity index (χ2v) is 8.22. The van der Waals surface area contributed by atoms with Gasteiger partial charge in [-0.3, -0.25) is 14.2 Å². The van der Waals surface area contributed by atoms with E-state index in [1.807, 2.05) is 0 Å². The fourth-order valence-corrected chi connectivity index (χ4v) is 3.07. The molecule has 0 fully saturated rings.